The normalized spacial score (nSPS) is 26.2. The molecule has 0 atom stereocenters. The molecule has 1 aliphatic heterocycles. The van der Waals surface area contributed by atoms with E-state index in [-0.39, 0.29) is 5.79 Å². The van der Waals surface area contributed by atoms with E-state index in [1.54, 1.807) is 5.57 Å². The Kier molecular flexibility index (Phi) is 5.09. The Hall–Kier alpha value is -0.600. The Bertz CT molecular complexity index is 376. The summed E-state index contributed by atoms with van der Waals surface area (Å²) < 4.78 is 11.7. The van der Waals surface area contributed by atoms with Gasteiger partial charge >= 0.3 is 0 Å². The molecule has 0 radical (unpaired) electrons. The van der Waals surface area contributed by atoms with Crippen molar-refractivity contribution in [1.82, 2.24) is 0 Å². The molecule has 20 heavy (non-hydrogen) atoms. The van der Waals surface area contributed by atoms with Gasteiger partial charge in [0.25, 0.3) is 0 Å². The predicted octanol–water partition coefficient (Wildman–Crippen LogP) is 5.00. The summed E-state index contributed by atoms with van der Waals surface area (Å²) in [7, 11) is 0. The predicted molar refractivity (Wildman–Crippen MR) is 83.6 cm³/mol. The molecule has 114 valence electrons. The lowest BCUT2D eigenvalue weighted by Crippen LogP contribution is -2.39. The van der Waals surface area contributed by atoms with Gasteiger partial charge in [-0.15, -0.1) is 0 Å². The van der Waals surface area contributed by atoms with E-state index in [1.807, 2.05) is 0 Å². The first kappa shape index (κ1) is 15.8. The molecule has 1 saturated carbocycles. The summed E-state index contributed by atoms with van der Waals surface area (Å²) in [4.78, 5) is 0. The van der Waals surface area contributed by atoms with Crippen LogP contribution in [0.1, 0.15) is 66.2 Å². The van der Waals surface area contributed by atoms with Crippen LogP contribution in [-0.2, 0) is 9.47 Å². The summed E-state index contributed by atoms with van der Waals surface area (Å²) in [5.74, 6) is -0.244. The molecule has 0 bridgehead atoms. The van der Waals surface area contributed by atoms with E-state index in [9.17, 15) is 0 Å². The van der Waals surface area contributed by atoms with Crippen molar-refractivity contribution >= 4 is 0 Å². The van der Waals surface area contributed by atoms with Crippen LogP contribution in [0, 0.1) is 5.41 Å². The highest BCUT2D eigenvalue weighted by molar-refractivity contribution is 5.27. The van der Waals surface area contributed by atoms with E-state index in [0.29, 0.717) is 5.41 Å². The second-order valence-corrected chi connectivity index (χ2v) is 6.41. The monoisotopic (exact) mass is 278 g/mol. The van der Waals surface area contributed by atoms with Gasteiger partial charge in [0.1, 0.15) is 0 Å². The summed E-state index contributed by atoms with van der Waals surface area (Å²) in [5.41, 5.74) is 3.37. The Morgan fingerprint density at radius 2 is 1.60 bits per heavy atom. The smallest absolute Gasteiger partial charge is 0.168 e. The van der Waals surface area contributed by atoms with Crippen molar-refractivity contribution < 1.29 is 9.47 Å². The van der Waals surface area contributed by atoms with Gasteiger partial charge in [-0.2, -0.15) is 0 Å². The van der Waals surface area contributed by atoms with Gasteiger partial charge in [0.2, 0.25) is 0 Å². The minimum atomic E-state index is -0.244. The molecule has 2 heteroatoms. The summed E-state index contributed by atoms with van der Waals surface area (Å²) in [6.07, 6.45) is 11.4. The van der Waals surface area contributed by atoms with Gasteiger partial charge in [-0.3, -0.25) is 0 Å². The molecule has 1 saturated heterocycles. The molecule has 1 heterocycles. The number of hydrogen-bond donors (Lipinski definition) is 0. The summed E-state index contributed by atoms with van der Waals surface area (Å²) in [5, 5.41) is 0. The SMILES string of the molecule is C/C=C(\C=C(/CC)C1(C)CCC2(CC1)OCCO2)CC. The van der Waals surface area contributed by atoms with Gasteiger partial charge in [-0.1, -0.05) is 44.1 Å². The van der Waals surface area contributed by atoms with Crippen molar-refractivity contribution in [3.8, 4) is 0 Å². The fraction of sp³-hybridized carbons (Fsp3) is 0.778. The number of hydrogen-bond acceptors (Lipinski definition) is 2. The highest BCUT2D eigenvalue weighted by atomic mass is 16.7. The zero-order valence-electron chi connectivity index (χ0n) is 13.6. The molecule has 0 unspecified atom stereocenters. The first-order chi connectivity index (χ1) is 9.57. The van der Waals surface area contributed by atoms with Crippen molar-refractivity contribution in [3.05, 3.63) is 23.3 Å². The molecule has 2 aliphatic rings. The van der Waals surface area contributed by atoms with Gasteiger partial charge < -0.3 is 9.47 Å². The maximum Gasteiger partial charge on any atom is 0.168 e. The van der Waals surface area contributed by atoms with Gasteiger partial charge in [0, 0.05) is 12.8 Å². The van der Waals surface area contributed by atoms with Crippen LogP contribution >= 0.6 is 0 Å². The molecule has 0 aromatic rings. The van der Waals surface area contributed by atoms with E-state index >= 15 is 0 Å². The zero-order valence-corrected chi connectivity index (χ0v) is 13.6. The third-order valence-corrected chi connectivity index (χ3v) is 5.22. The fourth-order valence-corrected chi connectivity index (χ4v) is 3.61. The Balaban J connectivity index is 2.10. The highest BCUT2D eigenvalue weighted by Gasteiger charge is 2.45. The molecular weight excluding hydrogens is 248 g/mol. The number of allylic oxidation sites excluding steroid dienone is 4. The van der Waals surface area contributed by atoms with E-state index in [0.717, 1.165) is 38.9 Å². The average Bonchev–Trinajstić information content (AvgIpc) is 2.93. The molecule has 0 N–H and O–H groups in total. The molecule has 0 amide bonds. The first-order valence-electron chi connectivity index (χ1n) is 8.21. The quantitative estimate of drug-likeness (QED) is 0.673. The second-order valence-electron chi connectivity index (χ2n) is 6.41. The maximum absolute atomic E-state index is 5.86. The zero-order chi connectivity index (χ0) is 14.6. The lowest BCUT2D eigenvalue weighted by molar-refractivity contribution is -0.187. The molecule has 2 nitrogen and oxygen atoms in total. The van der Waals surface area contributed by atoms with Gasteiger partial charge in [0.15, 0.2) is 5.79 Å². The third-order valence-electron chi connectivity index (χ3n) is 5.22. The molecule has 2 fully saturated rings. The topological polar surface area (TPSA) is 18.5 Å². The van der Waals surface area contributed by atoms with E-state index in [4.69, 9.17) is 9.47 Å². The Labute approximate surface area is 124 Å². The lowest BCUT2D eigenvalue weighted by Gasteiger charge is -2.43. The molecule has 0 aromatic heterocycles. The number of ether oxygens (including phenoxy) is 2. The fourth-order valence-electron chi connectivity index (χ4n) is 3.61. The molecule has 0 aromatic carbocycles. The van der Waals surface area contributed by atoms with Crippen LogP contribution in [0.5, 0.6) is 0 Å². The van der Waals surface area contributed by atoms with Crippen LogP contribution in [-0.4, -0.2) is 19.0 Å². The van der Waals surface area contributed by atoms with Crippen LogP contribution in [0.3, 0.4) is 0 Å². The van der Waals surface area contributed by atoms with Crippen molar-refractivity contribution in [1.29, 1.82) is 0 Å². The largest absolute Gasteiger partial charge is 0.348 e. The van der Waals surface area contributed by atoms with Gasteiger partial charge in [-0.05, 0) is 38.0 Å². The average molecular weight is 278 g/mol. The van der Waals surface area contributed by atoms with Crippen molar-refractivity contribution in [2.45, 2.75) is 72.0 Å². The molecule has 2 rings (SSSR count). The van der Waals surface area contributed by atoms with Crippen LogP contribution in [0.2, 0.25) is 0 Å². The standard InChI is InChI=1S/C18H30O2/c1-5-15(6-2)14-16(7-3)17(4)8-10-18(11-9-17)19-12-13-20-18/h5,14H,6-13H2,1-4H3/b15-5-,16-14+. The summed E-state index contributed by atoms with van der Waals surface area (Å²) in [6.45, 7) is 10.6. The Morgan fingerprint density at radius 1 is 1.00 bits per heavy atom. The molecule has 1 aliphatic carbocycles. The summed E-state index contributed by atoms with van der Waals surface area (Å²) in [6, 6.07) is 0. The minimum Gasteiger partial charge on any atom is -0.348 e. The minimum absolute atomic E-state index is 0.244. The van der Waals surface area contributed by atoms with Gasteiger partial charge in [0.05, 0.1) is 13.2 Å². The van der Waals surface area contributed by atoms with E-state index in [1.165, 1.54) is 18.4 Å². The van der Waals surface area contributed by atoms with Crippen LogP contribution in [0.15, 0.2) is 23.3 Å². The first-order valence-corrected chi connectivity index (χ1v) is 8.21. The third kappa shape index (κ3) is 3.17. The maximum atomic E-state index is 5.86. The molecular formula is C18H30O2. The van der Waals surface area contributed by atoms with Crippen LogP contribution in [0.25, 0.3) is 0 Å². The van der Waals surface area contributed by atoms with E-state index in [2.05, 4.69) is 39.8 Å². The Morgan fingerprint density at radius 3 is 2.05 bits per heavy atom. The number of rotatable bonds is 4. The second kappa shape index (κ2) is 6.44. The van der Waals surface area contributed by atoms with Crippen molar-refractivity contribution in [2.75, 3.05) is 13.2 Å². The van der Waals surface area contributed by atoms with E-state index < -0.39 is 0 Å². The molecule has 1 spiro atoms. The van der Waals surface area contributed by atoms with Crippen LogP contribution < -0.4 is 0 Å². The van der Waals surface area contributed by atoms with Crippen molar-refractivity contribution in [2.24, 2.45) is 5.41 Å². The highest BCUT2D eigenvalue weighted by Crippen LogP contribution is 2.49. The summed E-state index contributed by atoms with van der Waals surface area (Å²) >= 11 is 0. The van der Waals surface area contributed by atoms with Gasteiger partial charge in [-0.25, -0.2) is 0 Å². The van der Waals surface area contributed by atoms with Crippen molar-refractivity contribution in [3.63, 3.8) is 0 Å². The van der Waals surface area contributed by atoms with Crippen LogP contribution in [0.4, 0.5) is 0 Å². The lowest BCUT2D eigenvalue weighted by atomic mass is 9.67.